The minimum atomic E-state index is -0.302. The van der Waals surface area contributed by atoms with Crippen molar-refractivity contribution in [3.63, 3.8) is 0 Å². The number of phenolic OH excluding ortho intramolecular Hbond substituents is 1. The molecule has 2 N–H and O–H groups in total. The number of amidine groups is 1. The first-order valence-corrected chi connectivity index (χ1v) is 11.2. The number of hydrogen-bond acceptors (Lipinski definition) is 4. The molecule has 5 nitrogen and oxygen atoms in total. The minimum absolute atomic E-state index is 0. The maximum atomic E-state index is 13.3. The number of aromatic hydroxyl groups is 1. The van der Waals surface area contributed by atoms with Crippen LogP contribution in [0.3, 0.4) is 0 Å². The van der Waals surface area contributed by atoms with E-state index in [1.54, 1.807) is 4.90 Å². The molecule has 0 aliphatic carbocycles. The molecule has 3 rings (SSSR count). The number of rotatable bonds is 5. The Morgan fingerprint density at radius 1 is 1.06 bits per heavy atom. The van der Waals surface area contributed by atoms with Crippen LogP contribution >= 0.6 is 17.0 Å². The number of hydrogen-bond donors (Lipinski definition) is 2. The monoisotopic (exact) mass is 516 g/mol. The zero-order valence-electron chi connectivity index (χ0n) is 21.0. The smallest absolute Gasteiger partial charge is 0.182 e. The van der Waals surface area contributed by atoms with Gasteiger partial charge in [-0.2, -0.15) is 0 Å². The van der Waals surface area contributed by atoms with Crippen molar-refractivity contribution in [2.45, 2.75) is 78.9 Å². The summed E-state index contributed by atoms with van der Waals surface area (Å²) < 4.78 is 5.77. The van der Waals surface area contributed by atoms with Gasteiger partial charge in [-0.05, 0) is 54.5 Å². The Hall–Kier alpha value is -2.34. The predicted molar refractivity (Wildman–Crippen MR) is 140 cm³/mol. The van der Waals surface area contributed by atoms with Crippen molar-refractivity contribution in [1.29, 1.82) is 5.41 Å². The van der Waals surface area contributed by atoms with Gasteiger partial charge in [0.2, 0.25) is 0 Å². The topological polar surface area (TPSA) is 73.6 Å². The molecule has 1 aliphatic rings. The maximum absolute atomic E-state index is 13.3. The molecule has 6 heteroatoms. The van der Waals surface area contributed by atoms with Gasteiger partial charge in [0.15, 0.2) is 5.78 Å². The zero-order chi connectivity index (χ0) is 24.0. The van der Waals surface area contributed by atoms with Gasteiger partial charge in [0, 0.05) is 28.8 Å². The van der Waals surface area contributed by atoms with E-state index in [1.807, 2.05) is 85.7 Å². The summed E-state index contributed by atoms with van der Waals surface area (Å²) in [5.41, 5.74) is 3.34. The highest BCUT2D eigenvalue weighted by Gasteiger charge is 2.30. The van der Waals surface area contributed by atoms with E-state index < -0.39 is 0 Å². The summed E-state index contributed by atoms with van der Waals surface area (Å²) in [5, 5.41) is 19.5. The van der Waals surface area contributed by atoms with E-state index >= 15 is 0 Å². The third kappa shape index (κ3) is 5.78. The van der Waals surface area contributed by atoms with Gasteiger partial charge in [0.05, 0.1) is 12.6 Å². The number of phenols is 1. The first-order chi connectivity index (χ1) is 14.7. The van der Waals surface area contributed by atoms with E-state index in [-0.39, 0.29) is 52.0 Å². The van der Waals surface area contributed by atoms with Gasteiger partial charge in [0.25, 0.3) is 0 Å². The van der Waals surface area contributed by atoms with Crippen LogP contribution in [0, 0.1) is 5.41 Å². The lowest BCUT2D eigenvalue weighted by molar-refractivity contribution is 0.0962. The molecule has 33 heavy (non-hydrogen) atoms. The number of nitrogens with one attached hydrogen (secondary N) is 1. The molecule has 0 aromatic heterocycles. The lowest BCUT2D eigenvalue weighted by Crippen LogP contribution is -2.30. The second kappa shape index (κ2) is 9.49. The van der Waals surface area contributed by atoms with Crippen molar-refractivity contribution in [3.8, 4) is 11.5 Å². The Morgan fingerprint density at radius 2 is 1.61 bits per heavy atom. The van der Waals surface area contributed by atoms with Crippen LogP contribution in [0.5, 0.6) is 11.5 Å². The lowest BCUT2D eigenvalue weighted by Gasteiger charge is -2.28. The Morgan fingerprint density at radius 3 is 2.09 bits per heavy atom. The molecule has 2 aromatic carbocycles. The fraction of sp³-hybridized carbons (Fsp3) is 0.481. The van der Waals surface area contributed by atoms with E-state index in [0.717, 1.165) is 28.0 Å². The number of benzene rings is 2. The molecule has 0 amide bonds. The van der Waals surface area contributed by atoms with Gasteiger partial charge in [-0.1, -0.05) is 47.6 Å². The van der Waals surface area contributed by atoms with Crippen LogP contribution < -0.4 is 4.74 Å². The Kier molecular flexibility index (Phi) is 7.74. The van der Waals surface area contributed by atoms with Crippen LogP contribution in [0.1, 0.15) is 88.0 Å². The average Bonchev–Trinajstić information content (AvgIpc) is 2.95. The third-order valence-electron chi connectivity index (χ3n) is 5.77. The molecule has 0 spiro atoms. The Balaban J connectivity index is 0.00000385. The Labute approximate surface area is 208 Å². The van der Waals surface area contributed by atoms with Gasteiger partial charge in [-0.3, -0.25) is 10.2 Å². The average molecular weight is 518 g/mol. The molecule has 0 fully saturated rings. The normalized spacial score (nSPS) is 13.7. The molecule has 0 radical (unpaired) electrons. The summed E-state index contributed by atoms with van der Waals surface area (Å²) in [6.07, 6.45) is 0.0600. The molecule has 180 valence electrons. The van der Waals surface area contributed by atoms with Gasteiger partial charge >= 0.3 is 0 Å². The van der Waals surface area contributed by atoms with Gasteiger partial charge in [0.1, 0.15) is 17.3 Å². The number of carbonyl (C=O) groups is 1. The number of Topliss-reactive ketones (excluding diaryl/α,β-unsaturated/α-hetero) is 1. The number of ether oxygens (including phenoxy) is 1. The highest BCUT2D eigenvalue weighted by atomic mass is 79.9. The van der Waals surface area contributed by atoms with E-state index in [9.17, 15) is 9.90 Å². The van der Waals surface area contributed by atoms with Crippen molar-refractivity contribution in [2.75, 3.05) is 6.54 Å². The van der Waals surface area contributed by atoms with Gasteiger partial charge < -0.3 is 14.7 Å². The highest BCUT2D eigenvalue weighted by molar-refractivity contribution is 8.93. The van der Waals surface area contributed by atoms with Crippen LogP contribution in [0.4, 0.5) is 0 Å². The summed E-state index contributed by atoms with van der Waals surface area (Å²) >= 11 is 0. The molecule has 0 bridgehead atoms. The predicted octanol–water partition coefficient (Wildman–Crippen LogP) is 6.38. The molecule has 1 heterocycles. The quantitative estimate of drug-likeness (QED) is 0.452. The lowest BCUT2D eigenvalue weighted by atomic mass is 9.78. The number of halogens is 1. The molecule has 2 aromatic rings. The minimum Gasteiger partial charge on any atom is -0.507 e. The molecule has 0 saturated heterocycles. The van der Waals surface area contributed by atoms with E-state index in [1.165, 1.54) is 0 Å². The van der Waals surface area contributed by atoms with Crippen LogP contribution in [0.15, 0.2) is 30.3 Å². The molecular formula is C27H37BrN2O3. The molecular weight excluding hydrogens is 480 g/mol. The van der Waals surface area contributed by atoms with Gasteiger partial charge in [-0.25, -0.2) is 0 Å². The number of ketones is 1. The summed E-state index contributed by atoms with van der Waals surface area (Å²) in [6, 6.07) is 9.41. The highest BCUT2D eigenvalue weighted by Crippen LogP contribution is 2.40. The van der Waals surface area contributed by atoms with Crippen LogP contribution in [-0.2, 0) is 17.4 Å². The Bertz CT molecular complexity index is 1030. The summed E-state index contributed by atoms with van der Waals surface area (Å²) in [4.78, 5) is 15.1. The van der Waals surface area contributed by atoms with Crippen molar-refractivity contribution in [1.82, 2.24) is 4.90 Å². The SMILES string of the molecule is Br.CC(C)Oc1ccc2c(c1)C(=N)N(CC(=O)c1cc(C(C)(C)C)c(O)c(C(C)(C)C)c1)C2. The van der Waals surface area contributed by atoms with Crippen LogP contribution in [0.2, 0.25) is 0 Å². The first-order valence-electron chi connectivity index (χ1n) is 11.2. The third-order valence-corrected chi connectivity index (χ3v) is 5.77. The second-order valence-electron chi connectivity index (χ2n) is 11.0. The molecule has 1 aliphatic heterocycles. The summed E-state index contributed by atoms with van der Waals surface area (Å²) in [5.74, 6) is 1.28. The number of nitrogens with zero attached hydrogens (tertiary/aromatic N) is 1. The van der Waals surface area contributed by atoms with E-state index in [4.69, 9.17) is 10.1 Å². The van der Waals surface area contributed by atoms with Crippen LogP contribution in [0.25, 0.3) is 0 Å². The largest absolute Gasteiger partial charge is 0.507 e. The fourth-order valence-electron chi connectivity index (χ4n) is 4.05. The second-order valence-corrected chi connectivity index (χ2v) is 11.0. The summed E-state index contributed by atoms with van der Waals surface area (Å²) in [7, 11) is 0. The van der Waals surface area contributed by atoms with Gasteiger partial charge in [-0.15, -0.1) is 17.0 Å². The van der Waals surface area contributed by atoms with Crippen molar-refractivity contribution < 1.29 is 14.6 Å². The molecule has 0 unspecified atom stereocenters. The van der Waals surface area contributed by atoms with Crippen LogP contribution in [-0.4, -0.2) is 34.3 Å². The molecule has 0 saturated carbocycles. The molecule has 0 atom stereocenters. The number of carbonyl (C=O) groups excluding carboxylic acids is 1. The first kappa shape index (κ1) is 26.9. The summed E-state index contributed by atoms with van der Waals surface area (Å²) in [6.45, 7) is 16.8. The fourth-order valence-corrected chi connectivity index (χ4v) is 4.05. The van der Waals surface area contributed by atoms with Crippen molar-refractivity contribution in [2.24, 2.45) is 0 Å². The van der Waals surface area contributed by atoms with Crippen molar-refractivity contribution >= 4 is 28.6 Å². The van der Waals surface area contributed by atoms with E-state index in [2.05, 4.69) is 0 Å². The standard InChI is InChI=1S/C27H36N2O3.BrH/c1-16(2)32-19-10-9-17-14-29(25(28)20(17)13-19)15-23(30)18-11-21(26(3,4)5)24(31)22(12-18)27(6,7)8;/h9-13,16,28,31H,14-15H2,1-8H3;1H. The van der Waals surface area contributed by atoms with E-state index in [0.29, 0.717) is 17.9 Å². The van der Waals surface area contributed by atoms with Crippen molar-refractivity contribution in [3.05, 3.63) is 58.1 Å². The maximum Gasteiger partial charge on any atom is 0.182 e. The number of fused-ring (bicyclic) bond motifs is 1. The zero-order valence-corrected chi connectivity index (χ0v) is 22.7.